The van der Waals surface area contributed by atoms with Gasteiger partial charge in [-0.2, -0.15) is 4.99 Å². The number of halogens is 1. The second-order valence-corrected chi connectivity index (χ2v) is 4.74. The van der Waals surface area contributed by atoms with Crippen LogP contribution < -0.4 is 9.47 Å². The second-order valence-electron chi connectivity index (χ2n) is 4.33. The lowest BCUT2D eigenvalue weighted by Crippen LogP contribution is -2.07. The summed E-state index contributed by atoms with van der Waals surface area (Å²) < 4.78 is 10.7. The molecule has 0 unspecified atom stereocenters. The average molecular weight is 268 g/mol. The summed E-state index contributed by atoms with van der Waals surface area (Å²) in [6.07, 6.45) is 3.25. The quantitative estimate of drug-likeness (QED) is 0.622. The monoisotopic (exact) mass is 267 g/mol. The molecule has 0 amide bonds. The predicted molar refractivity (Wildman–Crippen MR) is 68.3 cm³/mol. The largest absolute Gasteiger partial charge is 0.496 e. The van der Waals surface area contributed by atoms with Crippen molar-refractivity contribution in [3.63, 3.8) is 0 Å². The van der Waals surface area contributed by atoms with Crippen LogP contribution in [-0.4, -0.2) is 20.3 Å². The Morgan fingerprint density at radius 2 is 1.94 bits per heavy atom. The summed E-state index contributed by atoms with van der Waals surface area (Å²) in [6.45, 7) is 1.87. The van der Waals surface area contributed by atoms with Crippen molar-refractivity contribution in [1.82, 2.24) is 0 Å². The molecule has 5 heteroatoms. The first-order chi connectivity index (χ1) is 8.59. The highest BCUT2D eigenvalue weighted by Crippen LogP contribution is 2.55. The molecule has 1 aromatic rings. The molecule has 1 aliphatic carbocycles. The number of carbonyl (C=O) groups excluding carboxylic acids is 1. The number of methoxy groups -OCH3 is 2. The van der Waals surface area contributed by atoms with Crippen LogP contribution in [0.1, 0.15) is 24.0 Å². The van der Waals surface area contributed by atoms with Crippen LogP contribution in [0.5, 0.6) is 11.5 Å². The lowest BCUT2D eigenvalue weighted by atomic mass is 10.00. The SMILES string of the molecule is COc1c(Cl)cc(C2(N=C=O)CC2)c(OC)c1C. The number of nitrogens with zero attached hydrogens (tertiary/aromatic N) is 1. The van der Waals surface area contributed by atoms with Crippen molar-refractivity contribution < 1.29 is 14.3 Å². The highest BCUT2D eigenvalue weighted by Gasteiger charge is 2.47. The topological polar surface area (TPSA) is 47.9 Å². The summed E-state index contributed by atoms with van der Waals surface area (Å²) in [6, 6.07) is 1.76. The van der Waals surface area contributed by atoms with E-state index in [4.69, 9.17) is 21.1 Å². The molecule has 0 atom stereocenters. The van der Waals surface area contributed by atoms with E-state index in [1.807, 2.05) is 6.92 Å². The van der Waals surface area contributed by atoms with Crippen molar-refractivity contribution >= 4 is 17.7 Å². The third kappa shape index (κ3) is 1.88. The molecule has 96 valence electrons. The first-order valence-electron chi connectivity index (χ1n) is 5.60. The summed E-state index contributed by atoms with van der Waals surface area (Å²) in [5.74, 6) is 1.26. The summed E-state index contributed by atoms with van der Waals surface area (Å²) in [4.78, 5) is 14.4. The molecular weight excluding hydrogens is 254 g/mol. The zero-order chi connectivity index (χ0) is 13.3. The fraction of sp³-hybridized carbons (Fsp3) is 0.462. The molecule has 1 aromatic carbocycles. The van der Waals surface area contributed by atoms with E-state index >= 15 is 0 Å². The average Bonchev–Trinajstić information content (AvgIpc) is 3.10. The normalized spacial score (nSPS) is 15.8. The molecule has 0 aliphatic heterocycles. The third-order valence-electron chi connectivity index (χ3n) is 3.31. The Morgan fingerprint density at radius 3 is 2.39 bits per heavy atom. The molecule has 0 saturated heterocycles. The maximum Gasteiger partial charge on any atom is 0.235 e. The van der Waals surface area contributed by atoms with E-state index in [0.717, 1.165) is 24.0 Å². The van der Waals surface area contributed by atoms with Gasteiger partial charge in [-0.25, -0.2) is 4.79 Å². The van der Waals surface area contributed by atoms with Gasteiger partial charge in [0.05, 0.1) is 19.2 Å². The molecule has 0 heterocycles. The molecule has 0 spiro atoms. The molecule has 0 aromatic heterocycles. The Labute approximate surface area is 111 Å². The number of rotatable bonds is 4. The zero-order valence-corrected chi connectivity index (χ0v) is 11.3. The Morgan fingerprint density at radius 1 is 1.33 bits per heavy atom. The standard InChI is InChI=1S/C13H14ClNO3/c1-8-11(17-2)9(6-10(14)12(8)18-3)13(4-5-13)15-7-16/h6H,4-5H2,1-3H3. The van der Waals surface area contributed by atoms with Crippen molar-refractivity contribution in [3.05, 3.63) is 22.2 Å². The molecule has 1 saturated carbocycles. The highest BCUT2D eigenvalue weighted by atomic mass is 35.5. The molecular formula is C13H14ClNO3. The second kappa shape index (κ2) is 4.63. The lowest BCUT2D eigenvalue weighted by molar-refractivity contribution is 0.382. The molecule has 4 nitrogen and oxygen atoms in total. The van der Waals surface area contributed by atoms with E-state index in [9.17, 15) is 4.79 Å². The van der Waals surface area contributed by atoms with E-state index in [1.165, 1.54) is 0 Å². The Balaban J connectivity index is 2.65. The summed E-state index contributed by atoms with van der Waals surface area (Å²) in [7, 11) is 3.14. The zero-order valence-electron chi connectivity index (χ0n) is 10.5. The Kier molecular flexibility index (Phi) is 3.33. The fourth-order valence-corrected chi connectivity index (χ4v) is 2.58. The van der Waals surface area contributed by atoms with Gasteiger partial charge in [0, 0.05) is 11.1 Å². The van der Waals surface area contributed by atoms with Crippen LogP contribution in [0.4, 0.5) is 0 Å². The molecule has 1 fully saturated rings. The molecule has 2 rings (SSSR count). The number of ether oxygens (including phenoxy) is 2. The van der Waals surface area contributed by atoms with Gasteiger partial charge >= 0.3 is 0 Å². The number of hydrogen-bond acceptors (Lipinski definition) is 4. The summed E-state index contributed by atoms with van der Waals surface area (Å²) >= 11 is 6.18. The van der Waals surface area contributed by atoms with Crippen molar-refractivity contribution in [1.29, 1.82) is 0 Å². The van der Waals surface area contributed by atoms with Gasteiger partial charge < -0.3 is 9.47 Å². The van der Waals surface area contributed by atoms with E-state index < -0.39 is 5.54 Å². The summed E-state index contributed by atoms with van der Waals surface area (Å²) in [5, 5.41) is 0.498. The predicted octanol–water partition coefficient (Wildman–Crippen LogP) is 2.99. The van der Waals surface area contributed by atoms with Crippen LogP contribution in [0.2, 0.25) is 5.02 Å². The van der Waals surface area contributed by atoms with Gasteiger partial charge in [-0.05, 0) is 25.8 Å². The fourth-order valence-electron chi connectivity index (χ4n) is 2.25. The van der Waals surface area contributed by atoms with Crippen molar-refractivity contribution in [2.24, 2.45) is 4.99 Å². The van der Waals surface area contributed by atoms with Gasteiger partial charge in [0.2, 0.25) is 6.08 Å². The Hall–Kier alpha value is -1.51. The van der Waals surface area contributed by atoms with Crippen LogP contribution in [-0.2, 0) is 10.3 Å². The number of isocyanates is 1. The third-order valence-corrected chi connectivity index (χ3v) is 3.59. The van der Waals surface area contributed by atoms with Gasteiger partial charge in [0.15, 0.2) is 0 Å². The summed E-state index contributed by atoms with van der Waals surface area (Å²) in [5.41, 5.74) is 1.14. The number of benzene rings is 1. The molecule has 1 aliphatic rings. The maximum atomic E-state index is 10.5. The molecule has 18 heavy (non-hydrogen) atoms. The van der Waals surface area contributed by atoms with Crippen molar-refractivity contribution in [2.75, 3.05) is 14.2 Å². The van der Waals surface area contributed by atoms with Gasteiger partial charge in [0.25, 0.3) is 0 Å². The smallest absolute Gasteiger partial charge is 0.235 e. The van der Waals surface area contributed by atoms with Gasteiger partial charge in [-0.3, -0.25) is 0 Å². The van der Waals surface area contributed by atoms with Crippen LogP contribution in [0.3, 0.4) is 0 Å². The first kappa shape index (κ1) is 12.9. The number of aliphatic imine (C=N–C) groups is 1. The van der Waals surface area contributed by atoms with E-state index in [-0.39, 0.29) is 0 Å². The maximum absolute atomic E-state index is 10.5. The molecule has 0 N–H and O–H groups in total. The van der Waals surface area contributed by atoms with Crippen molar-refractivity contribution in [3.8, 4) is 11.5 Å². The van der Waals surface area contributed by atoms with Gasteiger partial charge in [0.1, 0.15) is 17.0 Å². The van der Waals surface area contributed by atoms with Crippen LogP contribution >= 0.6 is 11.6 Å². The molecule has 0 radical (unpaired) electrons. The van der Waals surface area contributed by atoms with Crippen LogP contribution in [0.25, 0.3) is 0 Å². The first-order valence-corrected chi connectivity index (χ1v) is 5.98. The molecule has 0 bridgehead atoms. The lowest BCUT2D eigenvalue weighted by Gasteiger charge is -2.19. The van der Waals surface area contributed by atoms with Crippen molar-refractivity contribution in [2.45, 2.75) is 25.3 Å². The minimum atomic E-state index is -0.506. The van der Waals surface area contributed by atoms with E-state index in [2.05, 4.69) is 4.99 Å². The highest BCUT2D eigenvalue weighted by molar-refractivity contribution is 6.32. The van der Waals surface area contributed by atoms with Gasteiger partial charge in [-0.1, -0.05) is 11.6 Å². The van der Waals surface area contributed by atoms with Crippen LogP contribution in [0, 0.1) is 6.92 Å². The number of hydrogen-bond donors (Lipinski definition) is 0. The Bertz CT molecular complexity index is 532. The van der Waals surface area contributed by atoms with Gasteiger partial charge in [-0.15, -0.1) is 0 Å². The minimum absolute atomic E-state index is 0.498. The minimum Gasteiger partial charge on any atom is -0.496 e. The van der Waals surface area contributed by atoms with Crippen LogP contribution in [0.15, 0.2) is 11.1 Å². The van der Waals surface area contributed by atoms with E-state index in [1.54, 1.807) is 26.4 Å². The van der Waals surface area contributed by atoms with E-state index in [0.29, 0.717) is 16.5 Å².